The molecule has 3 N–H and O–H groups in total. The van der Waals surface area contributed by atoms with Crippen LogP contribution in [-0.4, -0.2) is 41.3 Å². The third kappa shape index (κ3) is 7.10. The Morgan fingerprint density at radius 2 is 1.67 bits per heavy atom. The molecule has 0 bridgehead atoms. The molecule has 0 aliphatic carbocycles. The second-order valence-corrected chi connectivity index (χ2v) is 7.61. The van der Waals surface area contributed by atoms with Crippen molar-refractivity contribution in [3.05, 3.63) is 96.1 Å². The molecule has 9 heteroatoms. The number of methoxy groups -OCH3 is 1. The number of aromatic hydroxyl groups is 1. The Morgan fingerprint density at radius 1 is 0.972 bits per heavy atom. The largest absolute Gasteiger partial charge is 0.504 e. The van der Waals surface area contributed by atoms with Crippen LogP contribution in [0.1, 0.15) is 28.9 Å². The van der Waals surface area contributed by atoms with Crippen LogP contribution < -0.4 is 14.8 Å². The molecule has 0 aliphatic rings. The van der Waals surface area contributed by atoms with E-state index in [1.165, 1.54) is 32.2 Å². The smallest absolute Gasteiger partial charge is 0.412 e. The van der Waals surface area contributed by atoms with Crippen molar-refractivity contribution in [1.29, 1.82) is 0 Å². The number of para-hydroxylation sites is 1. The van der Waals surface area contributed by atoms with Crippen molar-refractivity contribution >= 4 is 23.5 Å². The zero-order chi connectivity index (χ0) is 26.1. The maximum absolute atomic E-state index is 12.8. The zero-order valence-corrected chi connectivity index (χ0v) is 19.6. The van der Waals surface area contributed by atoms with Crippen molar-refractivity contribution in [1.82, 2.24) is 0 Å². The van der Waals surface area contributed by atoms with Crippen molar-refractivity contribution in [2.45, 2.75) is 19.1 Å². The number of carboxylic acid groups (broad SMARTS) is 1. The summed E-state index contributed by atoms with van der Waals surface area (Å²) in [5.74, 6) is -0.930. The van der Waals surface area contributed by atoms with Crippen molar-refractivity contribution in [3.8, 4) is 17.2 Å². The van der Waals surface area contributed by atoms with Crippen molar-refractivity contribution in [2.24, 2.45) is 0 Å². The van der Waals surface area contributed by atoms with E-state index in [4.69, 9.17) is 14.2 Å². The van der Waals surface area contributed by atoms with Gasteiger partial charge in [0.1, 0.15) is 5.75 Å². The summed E-state index contributed by atoms with van der Waals surface area (Å²) in [6, 6.07) is 19.2. The van der Waals surface area contributed by atoms with Gasteiger partial charge in [-0.2, -0.15) is 0 Å². The molecule has 3 aromatic carbocycles. The van der Waals surface area contributed by atoms with Crippen LogP contribution in [0, 0.1) is 0 Å². The molecule has 3 rings (SSSR count). The fourth-order valence-corrected chi connectivity index (χ4v) is 3.30. The Labute approximate surface area is 207 Å². The molecule has 0 aromatic heterocycles. The summed E-state index contributed by atoms with van der Waals surface area (Å²) in [5, 5.41) is 22.1. The summed E-state index contributed by atoms with van der Waals surface area (Å²) in [7, 11) is 1.39. The molecule has 0 aliphatic heterocycles. The molecule has 0 unspecified atom stereocenters. The predicted molar refractivity (Wildman–Crippen MR) is 132 cm³/mol. The average Bonchev–Trinajstić information content (AvgIpc) is 2.86. The number of carbonyl (C=O) groups is 3. The molecular weight excluding hydrogens is 466 g/mol. The van der Waals surface area contributed by atoms with Gasteiger partial charge in [0, 0.05) is 22.9 Å². The van der Waals surface area contributed by atoms with Crippen LogP contribution in [0.3, 0.4) is 0 Å². The molecule has 186 valence electrons. The molecule has 3 aromatic rings. The summed E-state index contributed by atoms with van der Waals surface area (Å²) in [6.07, 6.45) is -0.991. The molecule has 0 saturated heterocycles. The SMILES string of the molecule is COc1ccc([C@H](OC(=O)Nc2ccc(C(C)=O)cc2)[C@H](/C=C/C(=O)O)Oc2ccccc2)cc1O. The highest BCUT2D eigenvalue weighted by Crippen LogP contribution is 2.33. The molecule has 2 atom stereocenters. The number of Topliss-reactive ketones (excluding diaryl/α,β-unsaturated/α-hetero) is 1. The Bertz CT molecular complexity index is 1240. The van der Waals surface area contributed by atoms with Crippen molar-refractivity contribution in [2.75, 3.05) is 12.4 Å². The number of ether oxygens (including phenoxy) is 3. The summed E-state index contributed by atoms with van der Waals surface area (Å²) in [4.78, 5) is 35.6. The maximum atomic E-state index is 12.8. The predicted octanol–water partition coefficient (Wildman–Crippen LogP) is 4.98. The second kappa shape index (κ2) is 12.1. The van der Waals surface area contributed by atoms with Gasteiger partial charge in [0.2, 0.25) is 0 Å². The van der Waals surface area contributed by atoms with Gasteiger partial charge in [0.25, 0.3) is 0 Å². The summed E-state index contributed by atoms with van der Waals surface area (Å²) >= 11 is 0. The number of nitrogens with one attached hydrogen (secondary N) is 1. The lowest BCUT2D eigenvalue weighted by atomic mass is 10.0. The van der Waals surface area contributed by atoms with E-state index in [0.29, 0.717) is 22.6 Å². The number of hydrogen-bond donors (Lipinski definition) is 3. The lowest BCUT2D eigenvalue weighted by Gasteiger charge is -2.26. The normalized spacial score (nSPS) is 12.4. The standard InChI is InChI=1S/C27H25NO8/c1-17(29)18-8-11-20(12-9-18)28-27(33)36-26(19-10-13-23(34-2)22(30)16-19)24(14-15-25(31)32)35-21-6-4-3-5-7-21/h3-16,24,26,30H,1-2H3,(H,28,33)(H,31,32)/b15-14+/t24-,26-/m0/s1. The Kier molecular flexibility index (Phi) is 8.66. The Balaban J connectivity index is 1.94. The van der Waals surface area contributed by atoms with Gasteiger partial charge in [0.05, 0.1) is 7.11 Å². The second-order valence-electron chi connectivity index (χ2n) is 7.61. The summed E-state index contributed by atoms with van der Waals surface area (Å²) in [6.45, 7) is 1.43. The van der Waals surface area contributed by atoms with Crippen LogP contribution in [0.25, 0.3) is 0 Å². The van der Waals surface area contributed by atoms with E-state index >= 15 is 0 Å². The zero-order valence-electron chi connectivity index (χ0n) is 19.6. The number of benzene rings is 3. The third-order valence-electron chi connectivity index (χ3n) is 5.05. The number of anilines is 1. The number of carbonyl (C=O) groups excluding carboxylic acids is 2. The summed E-state index contributed by atoms with van der Waals surface area (Å²) in [5.41, 5.74) is 1.19. The highest BCUT2D eigenvalue weighted by atomic mass is 16.6. The molecule has 36 heavy (non-hydrogen) atoms. The fourth-order valence-electron chi connectivity index (χ4n) is 3.30. The number of rotatable bonds is 10. The number of hydrogen-bond acceptors (Lipinski definition) is 7. The molecule has 0 saturated carbocycles. The van der Waals surface area contributed by atoms with Crippen LogP contribution in [0.15, 0.2) is 84.9 Å². The van der Waals surface area contributed by atoms with Gasteiger partial charge >= 0.3 is 12.1 Å². The molecular formula is C27H25NO8. The Hall–Kier alpha value is -4.79. The minimum absolute atomic E-state index is 0.116. The van der Waals surface area contributed by atoms with Gasteiger partial charge in [-0.3, -0.25) is 10.1 Å². The van der Waals surface area contributed by atoms with Gasteiger partial charge < -0.3 is 24.4 Å². The van der Waals surface area contributed by atoms with Crippen LogP contribution in [-0.2, 0) is 9.53 Å². The number of phenols is 1. The highest BCUT2D eigenvalue weighted by Gasteiger charge is 2.29. The van der Waals surface area contributed by atoms with Crippen LogP contribution >= 0.6 is 0 Å². The minimum Gasteiger partial charge on any atom is -0.504 e. The van der Waals surface area contributed by atoms with Gasteiger partial charge in [-0.25, -0.2) is 9.59 Å². The quantitative estimate of drug-likeness (QED) is 0.267. The van der Waals surface area contributed by atoms with Crippen molar-refractivity contribution < 1.29 is 38.8 Å². The number of carboxylic acids is 1. The van der Waals surface area contributed by atoms with E-state index in [-0.39, 0.29) is 17.3 Å². The average molecular weight is 491 g/mol. The van der Waals surface area contributed by atoms with Crippen molar-refractivity contribution in [3.63, 3.8) is 0 Å². The molecule has 9 nitrogen and oxygen atoms in total. The Morgan fingerprint density at radius 3 is 2.25 bits per heavy atom. The lowest BCUT2D eigenvalue weighted by Crippen LogP contribution is -2.29. The van der Waals surface area contributed by atoms with Gasteiger partial charge in [0.15, 0.2) is 29.5 Å². The highest BCUT2D eigenvalue weighted by molar-refractivity contribution is 5.95. The van der Waals surface area contributed by atoms with E-state index in [2.05, 4.69) is 5.32 Å². The third-order valence-corrected chi connectivity index (χ3v) is 5.05. The first kappa shape index (κ1) is 25.8. The number of amides is 1. The topological polar surface area (TPSA) is 131 Å². The summed E-state index contributed by atoms with van der Waals surface area (Å²) < 4.78 is 16.7. The molecule has 0 radical (unpaired) electrons. The molecule has 0 fully saturated rings. The maximum Gasteiger partial charge on any atom is 0.412 e. The van der Waals surface area contributed by atoms with Crippen LogP contribution in [0.5, 0.6) is 17.2 Å². The van der Waals surface area contributed by atoms with Gasteiger partial charge in [-0.1, -0.05) is 24.3 Å². The van der Waals surface area contributed by atoms with Gasteiger partial charge in [-0.05, 0) is 61.5 Å². The molecule has 0 heterocycles. The minimum atomic E-state index is -1.22. The monoisotopic (exact) mass is 491 g/mol. The number of aliphatic carboxylic acids is 1. The fraction of sp³-hybridized carbons (Fsp3) is 0.148. The lowest BCUT2D eigenvalue weighted by molar-refractivity contribution is -0.131. The molecule has 0 spiro atoms. The first-order chi connectivity index (χ1) is 17.3. The van der Waals surface area contributed by atoms with E-state index in [0.717, 1.165) is 6.08 Å². The van der Waals surface area contributed by atoms with E-state index in [9.17, 15) is 24.6 Å². The van der Waals surface area contributed by atoms with E-state index in [1.807, 2.05) is 0 Å². The first-order valence-corrected chi connectivity index (χ1v) is 10.8. The van der Waals surface area contributed by atoms with Crippen LogP contribution in [0.4, 0.5) is 10.5 Å². The molecule has 1 amide bonds. The van der Waals surface area contributed by atoms with E-state index in [1.54, 1.807) is 60.7 Å². The van der Waals surface area contributed by atoms with Gasteiger partial charge in [-0.15, -0.1) is 0 Å². The van der Waals surface area contributed by atoms with Crippen LogP contribution in [0.2, 0.25) is 0 Å². The first-order valence-electron chi connectivity index (χ1n) is 10.8. The number of ketones is 1. The van der Waals surface area contributed by atoms with E-state index < -0.39 is 24.3 Å². The number of phenolic OH excluding ortho intramolecular Hbond substituents is 1.